The monoisotopic (exact) mass is 237 g/mol. The van der Waals surface area contributed by atoms with Crippen molar-refractivity contribution >= 4 is 11.7 Å². The van der Waals surface area contributed by atoms with E-state index in [9.17, 15) is 4.79 Å². The van der Waals surface area contributed by atoms with E-state index in [2.05, 4.69) is 29.2 Å². The summed E-state index contributed by atoms with van der Waals surface area (Å²) in [5.41, 5.74) is 2.66. The number of amides is 1. The Morgan fingerprint density at radius 3 is 2.82 bits per heavy atom. The van der Waals surface area contributed by atoms with Crippen molar-refractivity contribution in [1.29, 1.82) is 0 Å². The number of rotatable bonds is 5. The van der Waals surface area contributed by atoms with Crippen molar-refractivity contribution in [2.24, 2.45) is 11.8 Å². The fourth-order valence-electron chi connectivity index (χ4n) is 1.29. The van der Waals surface area contributed by atoms with Gasteiger partial charge in [0, 0.05) is 13.6 Å². The first-order valence-electron chi connectivity index (χ1n) is 5.58. The normalized spacial score (nSPS) is 10.4. The Hall–Kier alpha value is -1.69. The largest absolute Gasteiger partial charge is 0.340 e. The van der Waals surface area contributed by atoms with E-state index in [0.717, 1.165) is 6.42 Å². The molecule has 0 unspecified atom stereocenters. The molecule has 0 aromatic carbocycles. The van der Waals surface area contributed by atoms with Gasteiger partial charge in [-0.15, -0.1) is 0 Å². The second-order valence-corrected chi connectivity index (χ2v) is 4.34. The molecule has 6 heteroatoms. The number of carbonyl (C=O) groups is 1. The average Bonchev–Trinajstić information content (AvgIpc) is 2.35. The van der Waals surface area contributed by atoms with E-state index >= 15 is 0 Å². The van der Waals surface area contributed by atoms with Crippen molar-refractivity contribution in [3.05, 3.63) is 18.1 Å². The summed E-state index contributed by atoms with van der Waals surface area (Å²) < 4.78 is 0. The number of nitrogen functional groups attached to an aromatic ring is 1. The molecule has 0 radical (unpaired) electrons. The lowest BCUT2D eigenvalue weighted by Gasteiger charge is -2.17. The van der Waals surface area contributed by atoms with E-state index in [1.165, 1.54) is 12.4 Å². The Labute approximate surface area is 101 Å². The molecule has 1 aromatic rings. The second kappa shape index (κ2) is 6.15. The number of nitrogens with one attached hydrogen (secondary N) is 1. The van der Waals surface area contributed by atoms with Gasteiger partial charge in [0.1, 0.15) is 5.69 Å². The van der Waals surface area contributed by atoms with Gasteiger partial charge in [-0.1, -0.05) is 13.8 Å². The van der Waals surface area contributed by atoms with Gasteiger partial charge in [0.2, 0.25) is 0 Å². The number of carbonyl (C=O) groups excluding carboxylic acids is 1. The Balaban J connectivity index is 2.67. The number of hydrazine groups is 1. The maximum Gasteiger partial charge on any atom is 0.273 e. The molecule has 0 aliphatic rings. The number of nitrogens with zero attached hydrogens (tertiary/aromatic N) is 3. The van der Waals surface area contributed by atoms with E-state index in [4.69, 9.17) is 5.84 Å². The van der Waals surface area contributed by atoms with Crippen LogP contribution in [0.25, 0.3) is 0 Å². The highest BCUT2D eigenvalue weighted by molar-refractivity contribution is 5.92. The quantitative estimate of drug-likeness (QED) is 0.586. The number of aromatic nitrogens is 2. The molecule has 1 amide bonds. The maximum atomic E-state index is 12.0. The molecule has 0 atom stereocenters. The van der Waals surface area contributed by atoms with Gasteiger partial charge >= 0.3 is 0 Å². The van der Waals surface area contributed by atoms with Crippen LogP contribution in [-0.2, 0) is 0 Å². The van der Waals surface area contributed by atoms with Gasteiger partial charge in [-0.05, 0) is 12.3 Å². The molecule has 1 rings (SSSR count). The Morgan fingerprint density at radius 1 is 1.53 bits per heavy atom. The van der Waals surface area contributed by atoms with E-state index in [-0.39, 0.29) is 5.91 Å². The first-order valence-corrected chi connectivity index (χ1v) is 5.58. The summed E-state index contributed by atoms with van der Waals surface area (Å²) in [6, 6.07) is 0. The summed E-state index contributed by atoms with van der Waals surface area (Å²) >= 11 is 0. The first-order chi connectivity index (χ1) is 8.04. The average molecular weight is 237 g/mol. The molecule has 0 saturated heterocycles. The third-order valence-electron chi connectivity index (χ3n) is 2.39. The van der Waals surface area contributed by atoms with Crippen LogP contribution < -0.4 is 11.3 Å². The molecule has 3 N–H and O–H groups in total. The predicted molar refractivity (Wildman–Crippen MR) is 66.3 cm³/mol. The summed E-state index contributed by atoms with van der Waals surface area (Å²) in [5.74, 6) is 6.02. The summed E-state index contributed by atoms with van der Waals surface area (Å²) in [7, 11) is 1.76. The van der Waals surface area contributed by atoms with Crippen LogP contribution in [0.2, 0.25) is 0 Å². The van der Waals surface area contributed by atoms with Crippen LogP contribution in [0.4, 0.5) is 5.82 Å². The molecule has 6 nitrogen and oxygen atoms in total. The van der Waals surface area contributed by atoms with Crippen molar-refractivity contribution < 1.29 is 4.79 Å². The number of hydrogen-bond donors (Lipinski definition) is 2. The third-order valence-corrected chi connectivity index (χ3v) is 2.39. The molecule has 0 bridgehead atoms. The highest BCUT2D eigenvalue weighted by atomic mass is 16.2. The van der Waals surface area contributed by atoms with Crippen molar-refractivity contribution in [3.63, 3.8) is 0 Å². The summed E-state index contributed by atoms with van der Waals surface area (Å²) in [4.78, 5) is 21.6. The molecule has 0 saturated carbocycles. The second-order valence-electron chi connectivity index (χ2n) is 4.34. The zero-order valence-electron chi connectivity index (χ0n) is 10.5. The number of hydrogen-bond acceptors (Lipinski definition) is 5. The number of anilines is 1. The van der Waals surface area contributed by atoms with Crippen LogP contribution in [0.5, 0.6) is 0 Å². The van der Waals surface area contributed by atoms with E-state index in [1.807, 2.05) is 0 Å². The van der Waals surface area contributed by atoms with Gasteiger partial charge in [0.05, 0.1) is 12.4 Å². The van der Waals surface area contributed by atoms with Gasteiger partial charge in [-0.2, -0.15) is 0 Å². The molecular weight excluding hydrogens is 218 g/mol. The highest BCUT2D eigenvalue weighted by Gasteiger charge is 2.14. The van der Waals surface area contributed by atoms with E-state index in [1.54, 1.807) is 11.9 Å². The van der Waals surface area contributed by atoms with Gasteiger partial charge in [0.15, 0.2) is 5.82 Å². The van der Waals surface area contributed by atoms with E-state index in [0.29, 0.717) is 24.0 Å². The SMILES string of the molecule is CC(C)CCN(C)C(=O)c1cncc(NN)n1. The molecule has 0 aliphatic heterocycles. The van der Waals surface area contributed by atoms with Crippen LogP contribution in [0, 0.1) is 5.92 Å². The van der Waals surface area contributed by atoms with Crippen LogP contribution >= 0.6 is 0 Å². The van der Waals surface area contributed by atoms with Crippen molar-refractivity contribution in [2.45, 2.75) is 20.3 Å². The Morgan fingerprint density at radius 2 is 2.24 bits per heavy atom. The first kappa shape index (κ1) is 13.4. The standard InChI is InChI=1S/C11H19N5O/c1-8(2)4-5-16(3)11(17)9-6-13-7-10(14-9)15-12/h6-8H,4-5,12H2,1-3H3,(H,14,15). The van der Waals surface area contributed by atoms with Gasteiger partial charge in [-0.25, -0.2) is 10.8 Å². The van der Waals surface area contributed by atoms with Gasteiger partial charge in [-0.3, -0.25) is 9.78 Å². The summed E-state index contributed by atoms with van der Waals surface area (Å²) in [6.07, 6.45) is 3.87. The maximum absolute atomic E-state index is 12.0. The third kappa shape index (κ3) is 3.99. The summed E-state index contributed by atoms with van der Waals surface area (Å²) in [5, 5.41) is 0. The molecule has 0 fully saturated rings. The number of nitrogens with two attached hydrogens (primary N) is 1. The summed E-state index contributed by atoms with van der Waals surface area (Å²) in [6.45, 7) is 4.95. The highest BCUT2D eigenvalue weighted by Crippen LogP contribution is 2.06. The minimum atomic E-state index is -0.143. The Bertz CT molecular complexity index is 380. The van der Waals surface area contributed by atoms with Crippen molar-refractivity contribution in [2.75, 3.05) is 19.0 Å². The molecule has 0 spiro atoms. The molecule has 0 aliphatic carbocycles. The zero-order chi connectivity index (χ0) is 12.8. The van der Waals surface area contributed by atoms with Crippen LogP contribution in [0.3, 0.4) is 0 Å². The smallest absolute Gasteiger partial charge is 0.273 e. The fourth-order valence-corrected chi connectivity index (χ4v) is 1.29. The van der Waals surface area contributed by atoms with Crippen LogP contribution in [-0.4, -0.2) is 34.4 Å². The zero-order valence-corrected chi connectivity index (χ0v) is 10.5. The minimum absolute atomic E-state index is 0.143. The lowest BCUT2D eigenvalue weighted by atomic mass is 10.1. The molecular formula is C11H19N5O. The van der Waals surface area contributed by atoms with Crippen LogP contribution in [0.15, 0.2) is 12.4 Å². The van der Waals surface area contributed by atoms with Crippen LogP contribution in [0.1, 0.15) is 30.8 Å². The fraction of sp³-hybridized carbons (Fsp3) is 0.545. The molecule has 94 valence electrons. The van der Waals surface area contributed by atoms with E-state index < -0.39 is 0 Å². The predicted octanol–water partition coefficient (Wildman–Crippen LogP) is 0.880. The Kier molecular flexibility index (Phi) is 4.84. The molecule has 1 heterocycles. The molecule has 17 heavy (non-hydrogen) atoms. The lowest BCUT2D eigenvalue weighted by Crippen LogP contribution is -2.29. The lowest BCUT2D eigenvalue weighted by molar-refractivity contribution is 0.0783. The topological polar surface area (TPSA) is 84.1 Å². The molecule has 1 aromatic heterocycles. The van der Waals surface area contributed by atoms with Gasteiger partial charge in [0.25, 0.3) is 5.91 Å². The van der Waals surface area contributed by atoms with Crippen molar-refractivity contribution in [3.8, 4) is 0 Å². The minimum Gasteiger partial charge on any atom is -0.340 e. The van der Waals surface area contributed by atoms with Gasteiger partial charge < -0.3 is 10.3 Å². The van der Waals surface area contributed by atoms with Crippen molar-refractivity contribution in [1.82, 2.24) is 14.9 Å².